The number of nitrogens with zero attached hydrogens (tertiary/aromatic N) is 1. The third-order valence-electron chi connectivity index (χ3n) is 5.00. The van der Waals surface area contributed by atoms with Crippen LogP contribution in [0.1, 0.15) is 55.3 Å². The SMILES string of the molecule is Nc1cc(C(=O)N2CCCC2C2CCCCC2)ccc1Br. The van der Waals surface area contributed by atoms with E-state index in [0.29, 0.717) is 17.6 Å². The maximum Gasteiger partial charge on any atom is 0.254 e. The monoisotopic (exact) mass is 350 g/mol. The Morgan fingerprint density at radius 2 is 1.90 bits per heavy atom. The summed E-state index contributed by atoms with van der Waals surface area (Å²) in [5.41, 5.74) is 7.27. The lowest BCUT2D eigenvalue weighted by Gasteiger charge is -2.34. The van der Waals surface area contributed by atoms with Gasteiger partial charge in [-0.3, -0.25) is 4.79 Å². The molecule has 2 fully saturated rings. The van der Waals surface area contributed by atoms with Crippen LogP contribution < -0.4 is 5.73 Å². The van der Waals surface area contributed by atoms with E-state index in [9.17, 15) is 4.79 Å². The molecule has 0 aromatic heterocycles. The number of halogens is 1. The van der Waals surface area contributed by atoms with Crippen molar-refractivity contribution in [3.63, 3.8) is 0 Å². The smallest absolute Gasteiger partial charge is 0.254 e. The molecular formula is C17H23BrN2O. The van der Waals surface area contributed by atoms with Crippen LogP contribution in [0.5, 0.6) is 0 Å². The first-order valence-electron chi connectivity index (χ1n) is 8.03. The zero-order chi connectivity index (χ0) is 14.8. The van der Waals surface area contributed by atoms with Crippen molar-refractivity contribution in [1.29, 1.82) is 0 Å². The molecule has 1 aromatic rings. The molecule has 3 rings (SSSR count). The van der Waals surface area contributed by atoms with Crippen molar-refractivity contribution in [3.05, 3.63) is 28.2 Å². The van der Waals surface area contributed by atoms with E-state index < -0.39 is 0 Å². The first-order valence-corrected chi connectivity index (χ1v) is 8.82. The normalized spacial score (nSPS) is 23.5. The van der Waals surface area contributed by atoms with Gasteiger partial charge in [0.25, 0.3) is 5.91 Å². The van der Waals surface area contributed by atoms with Crippen molar-refractivity contribution in [2.75, 3.05) is 12.3 Å². The van der Waals surface area contributed by atoms with E-state index in [1.807, 2.05) is 12.1 Å². The third kappa shape index (κ3) is 3.10. The van der Waals surface area contributed by atoms with E-state index >= 15 is 0 Å². The Morgan fingerprint density at radius 1 is 1.14 bits per heavy atom. The molecule has 1 unspecified atom stereocenters. The van der Waals surface area contributed by atoms with Gasteiger partial charge in [0.15, 0.2) is 0 Å². The van der Waals surface area contributed by atoms with Crippen LogP contribution in [-0.2, 0) is 0 Å². The highest BCUT2D eigenvalue weighted by molar-refractivity contribution is 9.10. The van der Waals surface area contributed by atoms with Crippen LogP contribution in [0.4, 0.5) is 5.69 Å². The fourth-order valence-electron chi connectivity index (χ4n) is 3.90. The Balaban J connectivity index is 1.77. The topological polar surface area (TPSA) is 46.3 Å². The number of hydrogen-bond donors (Lipinski definition) is 1. The number of nitrogen functional groups attached to an aromatic ring is 1. The molecule has 1 atom stereocenters. The van der Waals surface area contributed by atoms with Crippen molar-refractivity contribution >= 4 is 27.5 Å². The summed E-state index contributed by atoms with van der Waals surface area (Å²) in [6.07, 6.45) is 8.90. The number of carbonyl (C=O) groups excluding carboxylic acids is 1. The summed E-state index contributed by atoms with van der Waals surface area (Å²) in [6.45, 7) is 0.899. The molecule has 1 saturated carbocycles. The summed E-state index contributed by atoms with van der Waals surface area (Å²) in [7, 11) is 0. The van der Waals surface area contributed by atoms with Crippen LogP contribution >= 0.6 is 15.9 Å². The van der Waals surface area contributed by atoms with Crippen LogP contribution in [0.3, 0.4) is 0 Å². The standard InChI is InChI=1S/C17H23BrN2O/c18-14-9-8-13(11-15(14)19)17(21)20-10-4-7-16(20)12-5-2-1-3-6-12/h8-9,11-12,16H,1-7,10,19H2. The molecule has 21 heavy (non-hydrogen) atoms. The fourth-order valence-corrected chi connectivity index (χ4v) is 4.14. The first-order chi connectivity index (χ1) is 10.2. The number of benzene rings is 1. The number of hydrogen-bond acceptors (Lipinski definition) is 2. The quantitative estimate of drug-likeness (QED) is 0.811. The molecule has 1 heterocycles. The van der Waals surface area contributed by atoms with Crippen LogP contribution in [0.15, 0.2) is 22.7 Å². The maximum absolute atomic E-state index is 12.8. The molecule has 1 aliphatic carbocycles. The van der Waals surface area contributed by atoms with Crippen molar-refractivity contribution in [1.82, 2.24) is 4.90 Å². The second-order valence-electron chi connectivity index (χ2n) is 6.34. The van der Waals surface area contributed by atoms with Crippen LogP contribution in [0, 0.1) is 5.92 Å². The Kier molecular flexibility index (Phi) is 4.53. The lowest BCUT2D eigenvalue weighted by Crippen LogP contribution is -2.40. The highest BCUT2D eigenvalue weighted by Crippen LogP contribution is 2.35. The highest BCUT2D eigenvalue weighted by atomic mass is 79.9. The summed E-state index contributed by atoms with van der Waals surface area (Å²) in [5, 5.41) is 0. The average Bonchev–Trinajstić information content (AvgIpc) is 2.99. The Labute approximate surface area is 135 Å². The number of rotatable bonds is 2. The van der Waals surface area contributed by atoms with Gasteiger partial charge in [-0.05, 0) is 65.7 Å². The number of carbonyl (C=O) groups is 1. The molecule has 2 aliphatic rings. The van der Waals surface area contributed by atoms with Crippen molar-refractivity contribution in [3.8, 4) is 0 Å². The van der Waals surface area contributed by atoms with Gasteiger partial charge in [-0.1, -0.05) is 19.3 Å². The van der Waals surface area contributed by atoms with Gasteiger partial charge >= 0.3 is 0 Å². The number of nitrogens with two attached hydrogens (primary N) is 1. The summed E-state index contributed by atoms with van der Waals surface area (Å²) < 4.78 is 0.851. The first kappa shape index (κ1) is 14.9. The van der Waals surface area contributed by atoms with Crippen LogP contribution in [-0.4, -0.2) is 23.4 Å². The van der Waals surface area contributed by atoms with E-state index in [1.165, 1.54) is 38.5 Å². The summed E-state index contributed by atoms with van der Waals surface area (Å²) >= 11 is 3.39. The summed E-state index contributed by atoms with van der Waals surface area (Å²) in [5.74, 6) is 0.861. The Morgan fingerprint density at radius 3 is 2.62 bits per heavy atom. The molecule has 3 nitrogen and oxygen atoms in total. The van der Waals surface area contributed by atoms with E-state index in [2.05, 4.69) is 20.8 Å². The minimum absolute atomic E-state index is 0.155. The second-order valence-corrected chi connectivity index (χ2v) is 7.20. The molecule has 0 bridgehead atoms. The van der Waals surface area contributed by atoms with Gasteiger partial charge in [0.1, 0.15) is 0 Å². The third-order valence-corrected chi connectivity index (χ3v) is 5.72. The Bertz CT molecular complexity index is 526. The zero-order valence-corrected chi connectivity index (χ0v) is 13.9. The fraction of sp³-hybridized carbons (Fsp3) is 0.588. The van der Waals surface area contributed by atoms with Gasteiger partial charge < -0.3 is 10.6 Å². The van der Waals surface area contributed by atoms with Gasteiger partial charge in [-0.15, -0.1) is 0 Å². The molecule has 1 aliphatic heterocycles. The molecule has 1 saturated heterocycles. The van der Waals surface area contributed by atoms with Crippen molar-refractivity contribution in [2.45, 2.75) is 51.0 Å². The van der Waals surface area contributed by atoms with Gasteiger partial charge in [0, 0.05) is 28.3 Å². The van der Waals surface area contributed by atoms with Crippen LogP contribution in [0.2, 0.25) is 0 Å². The van der Waals surface area contributed by atoms with Gasteiger partial charge in [0.2, 0.25) is 0 Å². The molecule has 114 valence electrons. The predicted octanol–water partition coefficient (Wildman–Crippen LogP) is 4.22. The maximum atomic E-state index is 12.8. The number of amides is 1. The average molecular weight is 351 g/mol. The minimum atomic E-state index is 0.155. The van der Waals surface area contributed by atoms with E-state index in [-0.39, 0.29) is 5.91 Å². The van der Waals surface area contributed by atoms with Gasteiger partial charge in [-0.25, -0.2) is 0 Å². The lowest BCUT2D eigenvalue weighted by molar-refractivity contribution is 0.0661. The summed E-state index contributed by atoms with van der Waals surface area (Å²) in [6, 6.07) is 5.98. The van der Waals surface area contributed by atoms with E-state index in [4.69, 9.17) is 5.73 Å². The van der Waals surface area contributed by atoms with Crippen molar-refractivity contribution < 1.29 is 4.79 Å². The molecule has 2 N–H and O–H groups in total. The van der Waals surface area contributed by atoms with Gasteiger partial charge in [0.05, 0.1) is 0 Å². The molecule has 1 amide bonds. The second kappa shape index (κ2) is 6.39. The molecule has 4 heteroatoms. The molecule has 1 aromatic carbocycles. The Hall–Kier alpha value is -1.03. The van der Waals surface area contributed by atoms with Crippen molar-refractivity contribution in [2.24, 2.45) is 5.92 Å². The summed E-state index contributed by atoms with van der Waals surface area (Å²) in [4.78, 5) is 14.9. The van der Waals surface area contributed by atoms with E-state index in [1.54, 1.807) is 6.07 Å². The van der Waals surface area contributed by atoms with Gasteiger partial charge in [-0.2, -0.15) is 0 Å². The van der Waals surface area contributed by atoms with Crippen LogP contribution in [0.25, 0.3) is 0 Å². The molecule has 0 radical (unpaired) electrons. The largest absolute Gasteiger partial charge is 0.398 e. The zero-order valence-electron chi connectivity index (χ0n) is 12.4. The molecular weight excluding hydrogens is 328 g/mol. The molecule has 0 spiro atoms. The lowest BCUT2D eigenvalue weighted by atomic mass is 9.83. The number of likely N-dealkylation sites (tertiary alicyclic amines) is 1. The highest BCUT2D eigenvalue weighted by Gasteiger charge is 2.35. The van der Waals surface area contributed by atoms with E-state index in [0.717, 1.165) is 23.0 Å². The minimum Gasteiger partial charge on any atom is -0.398 e. The number of anilines is 1. The predicted molar refractivity (Wildman–Crippen MR) is 89.2 cm³/mol.